The number of carbonyl (C=O) groups is 1. The highest BCUT2D eigenvalue weighted by atomic mass is 79.9. The minimum Gasteiger partial charge on any atom is -0.348 e. The molecule has 0 bridgehead atoms. The molecule has 0 aliphatic carbocycles. The zero-order valence-electron chi connectivity index (χ0n) is 11.4. The van der Waals surface area contributed by atoms with E-state index in [2.05, 4.69) is 21.2 Å². The summed E-state index contributed by atoms with van der Waals surface area (Å²) in [6.07, 6.45) is 0.864. The first-order valence-electron chi connectivity index (χ1n) is 6.60. The van der Waals surface area contributed by atoms with Crippen LogP contribution in [-0.2, 0) is 13.0 Å². The van der Waals surface area contributed by atoms with Gasteiger partial charge in [0.2, 0.25) is 0 Å². The van der Waals surface area contributed by atoms with E-state index < -0.39 is 0 Å². The van der Waals surface area contributed by atoms with E-state index in [1.54, 1.807) is 18.2 Å². The molecular weight excluding hydrogens is 352 g/mol. The van der Waals surface area contributed by atoms with E-state index in [9.17, 15) is 4.79 Å². The van der Waals surface area contributed by atoms with Gasteiger partial charge in [0.1, 0.15) is 0 Å². The smallest absolute Gasteiger partial charge is 0.251 e. The van der Waals surface area contributed by atoms with E-state index in [-0.39, 0.29) is 5.91 Å². The highest BCUT2D eigenvalue weighted by molar-refractivity contribution is 9.10. The lowest BCUT2D eigenvalue weighted by atomic mass is 10.1. The van der Waals surface area contributed by atoms with Gasteiger partial charge in [-0.05, 0) is 42.3 Å². The van der Waals surface area contributed by atoms with Gasteiger partial charge in [-0.1, -0.05) is 51.8 Å². The van der Waals surface area contributed by atoms with E-state index in [1.165, 1.54) is 5.56 Å². The fraction of sp³-hybridized carbons (Fsp3) is 0.188. The molecule has 2 rings (SSSR count). The Hall–Kier alpha value is -1.36. The summed E-state index contributed by atoms with van der Waals surface area (Å²) in [5, 5.41) is 3.41. The molecule has 5 heteroatoms. The lowest BCUT2D eigenvalue weighted by Gasteiger charge is -2.07. The summed E-state index contributed by atoms with van der Waals surface area (Å²) in [7, 11) is 0. The molecule has 0 aromatic heterocycles. The monoisotopic (exact) mass is 366 g/mol. The van der Waals surface area contributed by atoms with Crippen molar-refractivity contribution < 1.29 is 4.79 Å². The number of nitrogens with two attached hydrogens (primary N) is 1. The maximum Gasteiger partial charge on any atom is 0.251 e. The third-order valence-corrected chi connectivity index (χ3v) is 3.71. The zero-order valence-corrected chi connectivity index (χ0v) is 13.7. The van der Waals surface area contributed by atoms with Crippen LogP contribution in [0.3, 0.4) is 0 Å². The standard InChI is InChI=1S/C16H16BrClN2O/c17-14-7-13(8-15(18)9-14)16(21)20-10-12-3-1-11(2-4-12)5-6-19/h1-4,7-9H,5-6,10,19H2,(H,20,21). The number of hydrogen-bond acceptors (Lipinski definition) is 2. The second-order valence-corrected chi connectivity index (χ2v) is 6.05. The number of benzene rings is 2. The van der Waals surface area contributed by atoms with Crippen LogP contribution < -0.4 is 11.1 Å². The van der Waals surface area contributed by atoms with Gasteiger partial charge in [-0.25, -0.2) is 0 Å². The van der Waals surface area contributed by atoms with Gasteiger partial charge >= 0.3 is 0 Å². The van der Waals surface area contributed by atoms with Crippen molar-refractivity contribution in [2.24, 2.45) is 5.73 Å². The van der Waals surface area contributed by atoms with Gasteiger partial charge in [0.15, 0.2) is 0 Å². The second kappa shape index (κ2) is 7.59. The lowest BCUT2D eigenvalue weighted by molar-refractivity contribution is 0.0951. The third kappa shape index (κ3) is 4.84. The van der Waals surface area contributed by atoms with E-state index in [0.29, 0.717) is 23.7 Å². The second-order valence-electron chi connectivity index (χ2n) is 4.70. The molecule has 1 amide bonds. The summed E-state index contributed by atoms with van der Waals surface area (Å²) in [5.41, 5.74) is 8.30. The fourth-order valence-electron chi connectivity index (χ4n) is 1.96. The highest BCUT2D eigenvalue weighted by Crippen LogP contribution is 2.19. The Kier molecular flexibility index (Phi) is 5.79. The largest absolute Gasteiger partial charge is 0.348 e. The van der Waals surface area contributed by atoms with Crippen LogP contribution in [0.5, 0.6) is 0 Å². The van der Waals surface area contributed by atoms with Gasteiger partial charge in [-0.2, -0.15) is 0 Å². The average molecular weight is 368 g/mol. The molecule has 21 heavy (non-hydrogen) atoms. The number of carbonyl (C=O) groups excluding carboxylic acids is 1. The van der Waals surface area contributed by atoms with E-state index >= 15 is 0 Å². The molecule has 3 N–H and O–H groups in total. The van der Waals surface area contributed by atoms with E-state index in [1.807, 2.05) is 24.3 Å². The van der Waals surface area contributed by atoms with Crippen molar-refractivity contribution in [3.05, 3.63) is 68.7 Å². The Morgan fingerprint density at radius 3 is 2.43 bits per heavy atom. The molecule has 0 unspecified atom stereocenters. The van der Waals surface area contributed by atoms with Crippen molar-refractivity contribution >= 4 is 33.4 Å². The molecule has 0 fully saturated rings. The number of rotatable bonds is 5. The van der Waals surface area contributed by atoms with Gasteiger partial charge in [0, 0.05) is 21.6 Å². The predicted octanol–water partition coefficient (Wildman–Crippen LogP) is 3.53. The van der Waals surface area contributed by atoms with Crippen molar-refractivity contribution in [2.45, 2.75) is 13.0 Å². The van der Waals surface area contributed by atoms with Crippen molar-refractivity contribution in [3.8, 4) is 0 Å². The minimum absolute atomic E-state index is 0.149. The summed E-state index contributed by atoms with van der Waals surface area (Å²) in [4.78, 5) is 12.1. The van der Waals surface area contributed by atoms with E-state index in [4.69, 9.17) is 17.3 Å². The molecule has 2 aromatic rings. The van der Waals surface area contributed by atoms with Crippen molar-refractivity contribution in [3.63, 3.8) is 0 Å². The van der Waals surface area contributed by atoms with Crippen molar-refractivity contribution in [1.29, 1.82) is 0 Å². The Morgan fingerprint density at radius 2 is 1.81 bits per heavy atom. The normalized spacial score (nSPS) is 10.4. The summed E-state index contributed by atoms with van der Waals surface area (Å²) < 4.78 is 0.784. The SMILES string of the molecule is NCCc1ccc(CNC(=O)c2cc(Cl)cc(Br)c2)cc1. The van der Waals surface area contributed by atoms with Crippen LogP contribution in [-0.4, -0.2) is 12.5 Å². The van der Waals surface area contributed by atoms with Crippen LogP contribution in [0.15, 0.2) is 46.9 Å². The molecule has 0 radical (unpaired) electrons. The molecule has 0 aliphatic rings. The van der Waals surface area contributed by atoms with Gasteiger partial charge < -0.3 is 11.1 Å². The summed E-state index contributed by atoms with van der Waals surface area (Å²) in [6.45, 7) is 1.12. The van der Waals surface area contributed by atoms with Crippen LogP contribution in [0.4, 0.5) is 0 Å². The molecule has 110 valence electrons. The van der Waals surface area contributed by atoms with Crippen molar-refractivity contribution in [1.82, 2.24) is 5.32 Å². The molecule has 0 spiro atoms. The highest BCUT2D eigenvalue weighted by Gasteiger charge is 2.07. The maximum absolute atomic E-state index is 12.1. The number of amides is 1. The molecule has 0 saturated heterocycles. The first-order chi connectivity index (χ1) is 10.1. The lowest BCUT2D eigenvalue weighted by Crippen LogP contribution is -2.22. The zero-order chi connectivity index (χ0) is 15.2. The number of halogens is 2. The topological polar surface area (TPSA) is 55.1 Å². The van der Waals surface area contributed by atoms with Crippen molar-refractivity contribution in [2.75, 3.05) is 6.54 Å². The number of hydrogen-bond donors (Lipinski definition) is 2. The number of nitrogens with one attached hydrogen (secondary N) is 1. The summed E-state index contributed by atoms with van der Waals surface area (Å²) in [5.74, 6) is -0.149. The van der Waals surface area contributed by atoms with Gasteiger partial charge in [-0.3, -0.25) is 4.79 Å². The van der Waals surface area contributed by atoms with Crippen LogP contribution in [0.2, 0.25) is 5.02 Å². The molecule has 0 heterocycles. The van der Waals surface area contributed by atoms with Gasteiger partial charge in [-0.15, -0.1) is 0 Å². The summed E-state index contributed by atoms with van der Waals surface area (Å²) >= 11 is 9.26. The molecule has 2 aromatic carbocycles. The predicted molar refractivity (Wildman–Crippen MR) is 89.5 cm³/mol. The first kappa shape index (κ1) is 16.0. The third-order valence-electron chi connectivity index (χ3n) is 3.03. The first-order valence-corrected chi connectivity index (χ1v) is 7.78. The van der Waals surface area contributed by atoms with Crippen LogP contribution in [0.1, 0.15) is 21.5 Å². The maximum atomic E-state index is 12.1. The molecule has 3 nitrogen and oxygen atoms in total. The molecular formula is C16H16BrClN2O. The quantitative estimate of drug-likeness (QED) is 0.849. The van der Waals surface area contributed by atoms with Crippen LogP contribution in [0, 0.1) is 0 Å². The summed E-state index contributed by atoms with van der Waals surface area (Å²) in [6, 6.07) is 13.2. The molecule has 0 aliphatic heterocycles. The van der Waals surface area contributed by atoms with Gasteiger partial charge in [0.05, 0.1) is 0 Å². The van der Waals surface area contributed by atoms with E-state index in [0.717, 1.165) is 16.5 Å². The molecule has 0 saturated carbocycles. The Morgan fingerprint density at radius 1 is 1.14 bits per heavy atom. The minimum atomic E-state index is -0.149. The van der Waals surface area contributed by atoms with Gasteiger partial charge in [0.25, 0.3) is 5.91 Å². The Labute approximate surface area is 137 Å². The fourth-order valence-corrected chi connectivity index (χ4v) is 2.82. The Balaban J connectivity index is 1.97. The average Bonchev–Trinajstić information content (AvgIpc) is 2.45. The molecule has 0 atom stereocenters. The van der Waals surface area contributed by atoms with Crippen LogP contribution >= 0.6 is 27.5 Å². The van der Waals surface area contributed by atoms with Crippen LogP contribution in [0.25, 0.3) is 0 Å². The Bertz CT molecular complexity index is 608.